The number of aliphatic carboxylic acids is 1. The van der Waals surface area contributed by atoms with Crippen LogP contribution in [0.2, 0.25) is 0 Å². The highest BCUT2D eigenvalue weighted by Gasteiger charge is 2.42. The number of anilines is 1. The molecule has 2 aromatic rings. The van der Waals surface area contributed by atoms with Crippen LogP contribution in [-0.4, -0.2) is 57.5 Å². The third kappa shape index (κ3) is 2.74. The maximum atomic E-state index is 13.1. The molecule has 4 rings (SSSR count). The molecule has 0 aromatic carbocycles. The molecule has 2 aliphatic heterocycles. The van der Waals surface area contributed by atoms with Crippen molar-refractivity contribution in [1.29, 1.82) is 0 Å². The van der Waals surface area contributed by atoms with Crippen LogP contribution in [0.15, 0.2) is 17.8 Å². The molecule has 1 unspecified atom stereocenters. The molecule has 0 saturated carbocycles. The molecule has 3 atom stereocenters. The molecule has 2 saturated heterocycles. The first-order valence-corrected chi connectivity index (χ1v) is 9.40. The second kappa shape index (κ2) is 6.25. The number of carboxylic acid groups (broad SMARTS) is 1. The molecule has 132 valence electrons. The molecular weight excluding hydrogens is 340 g/mol. The van der Waals surface area contributed by atoms with E-state index in [0.717, 1.165) is 35.4 Å². The molecule has 0 radical (unpaired) electrons. The predicted octanol–water partition coefficient (Wildman–Crippen LogP) is 1.84. The monoisotopic (exact) mass is 360 g/mol. The van der Waals surface area contributed by atoms with Gasteiger partial charge in [0.2, 0.25) is 5.91 Å². The number of thiophene rings is 1. The van der Waals surface area contributed by atoms with Crippen LogP contribution in [0.25, 0.3) is 10.2 Å². The summed E-state index contributed by atoms with van der Waals surface area (Å²) < 4.78 is 0. The Bertz CT molecular complexity index is 823. The Hall–Kier alpha value is -2.22. The number of hydrogen-bond acceptors (Lipinski definition) is 6. The Morgan fingerprint density at radius 3 is 2.92 bits per heavy atom. The summed E-state index contributed by atoms with van der Waals surface area (Å²) in [4.78, 5) is 37.8. The Morgan fingerprint density at radius 2 is 2.16 bits per heavy atom. The standard InChI is InChI=1S/C17H20N4O3S/c1-10-7-20(8-12(10)17(23)24)16(22)13-3-2-5-21(13)14-11-4-6-25-15(11)19-9-18-14/h4,6,9-10,12-13H,2-3,5,7-8H2,1H3,(H,23,24)/t10-,12-,13?/m1/s1. The summed E-state index contributed by atoms with van der Waals surface area (Å²) in [5.41, 5.74) is 0. The fourth-order valence-electron chi connectivity index (χ4n) is 3.96. The fourth-order valence-corrected chi connectivity index (χ4v) is 4.69. The number of rotatable bonds is 3. The van der Waals surface area contributed by atoms with Gasteiger partial charge in [-0.05, 0) is 30.2 Å². The smallest absolute Gasteiger partial charge is 0.308 e. The number of fused-ring (bicyclic) bond motifs is 1. The zero-order chi connectivity index (χ0) is 17.6. The van der Waals surface area contributed by atoms with Gasteiger partial charge in [-0.15, -0.1) is 11.3 Å². The van der Waals surface area contributed by atoms with Crippen molar-refractivity contribution in [2.45, 2.75) is 25.8 Å². The van der Waals surface area contributed by atoms with Crippen molar-refractivity contribution in [3.05, 3.63) is 17.8 Å². The molecule has 7 nitrogen and oxygen atoms in total. The molecular formula is C17H20N4O3S. The second-order valence-electron chi connectivity index (χ2n) is 6.85. The van der Waals surface area contributed by atoms with Crippen molar-refractivity contribution in [3.63, 3.8) is 0 Å². The molecule has 0 spiro atoms. The number of carboxylic acids is 1. The lowest BCUT2D eigenvalue weighted by molar-refractivity contribution is -0.142. The molecule has 2 aromatic heterocycles. The number of carbonyl (C=O) groups is 2. The minimum atomic E-state index is -0.818. The highest BCUT2D eigenvalue weighted by atomic mass is 32.1. The summed E-state index contributed by atoms with van der Waals surface area (Å²) in [6.45, 7) is 3.50. The SMILES string of the molecule is C[C@@H]1CN(C(=O)C2CCCN2c2ncnc3sccc23)C[C@H]1C(=O)O. The van der Waals surface area contributed by atoms with Crippen molar-refractivity contribution in [3.8, 4) is 0 Å². The van der Waals surface area contributed by atoms with Gasteiger partial charge in [0, 0.05) is 19.6 Å². The van der Waals surface area contributed by atoms with E-state index in [0.29, 0.717) is 13.1 Å². The lowest BCUT2D eigenvalue weighted by Gasteiger charge is -2.29. The van der Waals surface area contributed by atoms with Gasteiger partial charge >= 0.3 is 5.97 Å². The van der Waals surface area contributed by atoms with Crippen LogP contribution in [0, 0.1) is 11.8 Å². The molecule has 1 amide bonds. The van der Waals surface area contributed by atoms with Crippen LogP contribution in [0.3, 0.4) is 0 Å². The highest BCUT2D eigenvalue weighted by Crippen LogP contribution is 2.33. The zero-order valence-electron chi connectivity index (χ0n) is 14.0. The van der Waals surface area contributed by atoms with Crippen LogP contribution in [0.4, 0.5) is 5.82 Å². The van der Waals surface area contributed by atoms with Gasteiger partial charge in [0.1, 0.15) is 23.0 Å². The summed E-state index contributed by atoms with van der Waals surface area (Å²) in [7, 11) is 0. The number of nitrogens with zero attached hydrogens (tertiary/aromatic N) is 4. The third-order valence-electron chi connectivity index (χ3n) is 5.29. The Morgan fingerprint density at radius 1 is 1.32 bits per heavy atom. The van der Waals surface area contributed by atoms with Crippen molar-refractivity contribution in [2.75, 3.05) is 24.5 Å². The topological polar surface area (TPSA) is 86.6 Å². The predicted molar refractivity (Wildman–Crippen MR) is 94.7 cm³/mol. The van der Waals surface area contributed by atoms with E-state index in [9.17, 15) is 14.7 Å². The second-order valence-corrected chi connectivity index (χ2v) is 7.75. The number of hydrogen-bond donors (Lipinski definition) is 1. The third-order valence-corrected chi connectivity index (χ3v) is 6.11. The summed E-state index contributed by atoms with van der Waals surface area (Å²) in [6, 6.07) is 1.73. The van der Waals surface area contributed by atoms with Gasteiger partial charge in [-0.2, -0.15) is 0 Å². The van der Waals surface area contributed by atoms with Gasteiger partial charge in [0.15, 0.2) is 0 Å². The number of likely N-dealkylation sites (tertiary alicyclic amines) is 1. The summed E-state index contributed by atoms with van der Waals surface area (Å²) >= 11 is 1.56. The molecule has 4 heterocycles. The van der Waals surface area contributed by atoms with Crippen LogP contribution in [-0.2, 0) is 9.59 Å². The lowest BCUT2D eigenvalue weighted by atomic mass is 9.99. The van der Waals surface area contributed by atoms with E-state index in [1.165, 1.54) is 0 Å². The summed E-state index contributed by atoms with van der Waals surface area (Å²) in [5.74, 6) is -0.471. The molecule has 2 aliphatic rings. The maximum absolute atomic E-state index is 13.1. The summed E-state index contributed by atoms with van der Waals surface area (Å²) in [5, 5.41) is 12.3. The van der Waals surface area contributed by atoms with Gasteiger partial charge in [0.25, 0.3) is 0 Å². The van der Waals surface area contributed by atoms with E-state index >= 15 is 0 Å². The molecule has 2 fully saturated rings. The number of amides is 1. The molecule has 25 heavy (non-hydrogen) atoms. The fraction of sp³-hybridized carbons (Fsp3) is 0.529. The van der Waals surface area contributed by atoms with E-state index in [-0.39, 0.29) is 17.9 Å². The van der Waals surface area contributed by atoms with Crippen LogP contribution >= 0.6 is 11.3 Å². The highest BCUT2D eigenvalue weighted by molar-refractivity contribution is 7.16. The van der Waals surface area contributed by atoms with E-state index < -0.39 is 11.9 Å². The van der Waals surface area contributed by atoms with E-state index in [4.69, 9.17) is 0 Å². The van der Waals surface area contributed by atoms with Gasteiger partial charge in [-0.1, -0.05) is 6.92 Å². The van der Waals surface area contributed by atoms with E-state index in [1.54, 1.807) is 22.6 Å². The van der Waals surface area contributed by atoms with E-state index in [1.807, 2.05) is 18.4 Å². The van der Waals surface area contributed by atoms with Crippen molar-refractivity contribution in [2.24, 2.45) is 11.8 Å². The number of carbonyl (C=O) groups excluding carboxylic acids is 1. The molecule has 8 heteroatoms. The van der Waals surface area contributed by atoms with Crippen molar-refractivity contribution >= 4 is 39.2 Å². The lowest BCUT2D eigenvalue weighted by Crippen LogP contribution is -2.45. The maximum Gasteiger partial charge on any atom is 0.308 e. The normalized spacial score (nSPS) is 26.5. The quantitative estimate of drug-likeness (QED) is 0.899. The average molecular weight is 360 g/mol. The molecule has 1 N–H and O–H groups in total. The van der Waals surface area contributed by atoms with Gasteiger partial charge in [-0.25, -0.2) is 9.97 Å². The van der Waals surface area contributed by atoms with Gasteiger partial charge in [-0.3, -0.25) is 9.59 Å². The minimum Gasteiger partial charge on any atom is -0.481 e. The Labute approximate surface area is 149 Å². The molecule has 0 aliphatic carbocycles. The van der Waals surface area contributed by atoms with Crippen molar-refractivity contribution < 1.29 is 14.7 Å². The minimum absolute atomic E-state index is 0.0149. The van der Waals surface area contributed by atoms with Crippen LogP contribution in [0.5, 0.6) is 0 Å². The van der Waals surface area contributed by atoms with Crippen LogP contribution < -0.4 is 4.90 Å². The zero-order valence-corrected chi connectivity index (χ0v) is 14.8. The van der Waals surface area contributed by atoms with Gasteiger partial charge < -0.3 is 14.9 Å². The van der Waals surface area contributed by atoms with Gasteiger partial charge in [0.05, 0.1) is 11.3 Å². The Balaban J connectivity index is 1.59. The average Bonchev–Trinajstić information content (AvgIpc) is 3.32. The first kappa shape index (κ1) is 16.3. The first-order chi connectivity index (χ1) is 12.1. The molecule has 0 bridgehead atoms. The van der Waals surface area contributed by atoms with E-state index in [2.05, 4.69) is 14.9 Å². The number of aromatic nitrogens is 2. The largest absolute Gasteiger partial charge is 0.481 e. The first-order valence-electron chi connectivity index (χ1n) is 8.52. The summed E-state index contributed by atoms with van der Waals surface area (Å²) in [6.07, 6.45) is 3.25. The van der Waals surface area contributed by atoms with Crippen LogP contribution in [0.1, 0.15) is 19.8 Å². The van der Waals surface area contributed by atoms with Crippen molar-refractivity contribution in [1.82, 2.24) is 14.9 Å². The Kier molecular flexibility index (Phi) is 4.07.